The second-order valence-electron chi connectivity index (χ2n) is 7.37. The Morgan fingerprint density at radius 2 is 2.03 bits per heavy atom. The summed E-state index contributed by atoms with van der Waals surface area (Å²) >= 11 is 2.92. The van der Waals surface area contributed by atoms with E-state index >= 15 is 0 Å². The molecular formula is C21H20F3N3O3S2. The smallest absolute Gasteiger partial charge is 0.422 e. The number of hydrogen-bond acceptors (Lipinski definition) is 6. The van der Waals surface area contributed by atoms with Gasteiger partial charge in [-0.25, -0.2) is 4.98 Å². The van der Waals surface area contributed by atoms with Crippen molar-refractivity contribution < 1.29 is 22.7 Å². The number of nitrogens with one attached hydrogen (secondary N) is 2. The van der Waals surface area contributed by atoms with Crippen LogP contribution in [0.2, 0.25) is 0 Å². The molecule has 1 aromatic carbocycles. The third kappa shape index (κ3) is 5.63. The number of fused-ring (bicyclic) bond motifs is 3. The van der Waals surface area contributed by atoms with Crippen molar-refractivity contribution in [2.75, 3.05) is 12.4 Å². The van der Waals surface area contributed by atoms with Gasteiger partial charge in [0, 0.05) is 11.4 Å². The number of alkyl halides is 3. The number of carbonyl (C=O) groups excluding carboxylic acids is 1. The average Bonchev–Trinajstić information content (AvgIpc) is 3.32. The van der Waals surface area contributed by atoms with Crippen LogP contribution in [0.4, 0.5) is 13.2 Å². The lowest BCUT2D eigenvalue weighted by molar-refractivity contribution is -0.153. The number of aromatic nitrogens is 2. The number of thiophene rings is 1. The van der Waals surface area contributed by atoms with Gasteiger partial charge in [0.05, 0.1) is 16.9 Å². The van der Waals surface area contributed by atoms with E-state index in [2.05, 4.69) is 20.0 Å². The first kappa shape index (κ1) is 22.7. The molecule has 170 valence electrons. The van der Waals surface area contributed by atoms with E-state index in [1.165, 1.54) is 28.8 Å². The lowest BCUT2D eigenvalue weighted by Gasteiger charge is -2.10. The van der Waals surface area contributed by atoms with Gasteiger partial charge in [0.25, 0.3) is 5.56 Å². The molecule has 6 nitrogen and oxygen atoms in total. The highest BCUT2D eigenvalue weighted by molar-refractivity contribution is 7.99. The van der Waals surface area contributed by atoms with E-state index < -0.39 is 12.8 Å². The Morgan fingerprint density at radius 1 is 1.25 bits per heavy atom. The molecule has 0 atom stereocenters. The van der Waals surface area contributed by atoms with Crippen LogP contribution in [0, 0.1) is 0 Å². The quantitative estimate of drug-likeness (QED) is 0.507. The normalized spacial score (nSPS) is 13.3. The number of aryl methyl sites for hydroxylation is 2. The maximum Gasteiger partial charge on any atom is 0.422 e. The second-order valence-corrected chi connectivity index (χ2v) is 9.44. The molecule has 1 aliphatic carbocycles. The first-order chi connectivity index (χ1) is 15.3. The Morgan fingerprint density at radius 3 is 2.78 bits per heavy atom. The third-order valence-corrected chi connectivity index (χ3v) is 7.04. The molecule has 32 heavy (non-hydrogen) atoms. The molecule has 0 spiro atoms. The Labute approximate surface area is 189 Å². The monoisotopic (exact) mass is 483 g/mol. The molecule has 0 aliphatic heterocycles. The summed E-state index contributed by atoms with van der Waals surface area (Å²) < 4.78 is 41.2. The number of carbonyl (C=O) groups is 1. The van der Waals surface area contributed by atoms with Crippen molar-refractivity contribution >= 4 is 39.2 Å². The molecule has 0 fully saturated rings. The van der Waals surface area contributed by atoms with Crippen molar-refractivity contribution in [1.29, 1.82) is 0 Å². The van der Waals surface area contributed by atoms with E-state index in [4.69, 9.17) is 0 Å². The Hall–Kier alpha value is -2.53. The third-order valence-electron chi connectivity index (χ3n) is 4.91. The minimum absolute atomic E-state index is 0.113. The summed E-state index contributed by atoms with van der Waals surface area (Å²) in [6, 6.07) is 6.06. The molecule has 0 saturated heterocycles. The minimum atomic E-state index is -4.39. The molecule has 0 radical (unpaired) electrons. The zero-order valence-corrected chi connectivity index (χ0v) is 18.5. The van der Waals surface area contributed by atoms with Crippen LogP contribution < -0.4 is 15.6 Å². The topological polar surface area (TPSA) is 84.1 Å². The van der Waals surface area contributed by atoms with E-state index in [0.717, 1.165) is 35.2 Å². The molecule has 2 N–H and O–H groups in total. The van der Waals surface area contributed by atoms with Crippen LogP contribution in [0.5, 0.6) is 5.75 Å². The molecule has 4 rings (SSSR count). The first-order valence-electron chi connectivity index (χ1n) is 9.95. The summed E-state index contributed by atoms with van der Waals surface area (Å²) in [6.07, 6.45) is -1.37. The molecule has 1 amide bonds. The maximum atomic E-state index is 12.4. The van der Waals surface area contributed by atoms with Crippen LogP contribution in [0.25, 0.3) is 10.2 Å². The van der Waals surface area contributed by atoms with Crippen molar-refractivity contribution in [3.63, 3.8) is 0 Å². The van der Waals surface area contributed by atoms with Crippen LogP contribution in [0.15, 0.2) is 29.1 Å². The predicted octanol–water partition coefficient (Wildman–Crippen LogP) is 3.96. The van der Waals surface area contributed by atoms with Gasteiger partial charge < -0.3 is 15.0 Å². The summed E-state index contributed by atoms with van der Waals surface area (Å²) in [6.45, 7) is -1.09. The van der Waals surface area contributed by atoms with Crippen molar-refractivity contribution in [2.45, 2.75) is 37.7 Å². The molecule has 2 aromatic heterocycles. The Bertz CT molecular complexity index is 1170. The fraction of sp³-hybridized carbons (Fsp3) is 0.381. The van der Waals surface area contributed by atoms with Gasteiger partial charge in [0.1, 0.15) is 16.4 Å². The van der Waals surface area contributed by atoms with E-state index in [-0.39, 0.29) is 29.5 Å². The molecule has 11 heteroatoms. The van der Waals surface area contributed by atoms with E-state index in [1.807, 2.05) is 0 Å². The number of amides is 1. The zero-order chi connectivity index (χ0) is 22.7. The van der Waals surface area contributed by atoms with Crippen molar-refractivity contribution in [2.24, 2.45) is 0 Å². The Kier molecular flexibility index (Phi) is 6.75. The first-order valence-corrected chi connectivity index (χ1v) is 11.9. The highest BCUT2D eigenvalue weighted by Gasteiger charge is 2.28. The summed E-state index contributed by atoms with van der Waals surface area (Å²) in [5.41, 5.74) is 1.76. The van der Waals surface area contributed by atoms with Gasteiger partial charge in [-0.1, -0.05) is 12.1 Å². The molecule has 3 aromatic rings. The fourth-order valence-corrected chi connectivity index (χ4v) is 5.48. The van der Waals surface area contributed by atoms with Crippen LogP contribution in [0.1, 0.15) is 28.2 Å². The number of benzene rings is 1. The lowest BCUT2D eigenvalue weighted by atomic mass is 10.2. The maximum absolute atomic E-state index is 12.4. The largest absolute Gasteiger partial charge is 0.484 e. The minimum Gasteiger partial charge on any atom is -0.484 e. The van der Waals surface area contributed by atoms with E-state index in [1.54, 1.807) is 23.5 Å². The number of rotatable bonds is 8. The number of aromatic amines is 1. The summed E-state index contributed by atoms with van der Waals surface area (Å²) in [5, 5.41) is 3.47. The zero-order valence-electron chi connectivity index (χ0n) is 16.9. The van der Waals surface area contributed by atoms with Crippen LogP contribution in [0.3, 0.4) is 0 Å². The van der Waals surface area contributed by atoms with Crippen molar-refractivity contribution in [3.05, 3.63) is 56.4 Å². The summed E-state index contributed by atoms with van der Waals surface area (Å²) in [5.74, 6) is 1.07. The molecule has 0 unspecified atom stereocenters. The lowest BCUT2D eigenvalue weighted by Crippen LogP contribution is -2.24. The van der Waals surface area contributed by atoms with Gasteiger partial charge in [-0.3, -0.25) is 9.59 Å². The standard InChI is InChI=1S/C21H20F3N3O3S2/c22-21(23,24)11-30-13-6-4-12(5-7-13)8-25-17(28)10-31-9-16-26-19(29)18-14-2-1-3-15(14)32-20(18)27-16/h4-7H,1-3,8-11H2,(H,25,28)(H,26,27,29). The number of H-pyrrole nitrogens is 1. The predicted molar refractivity (Wildman–Crippen MR) is 118 cm³/mol. The molecule has 2 heterocycles. The van der Waals surface area contributed by atoms with Gasteiger partial charge in [-0.2, -0.15) is 13.2 Å². The van der Waals surface area contributed by atoms with Crippen molar-refractivity contribution in [1.82, 2.24) is 15.3 Å². The van der Waals surface area contributed by atoms with Crippen LogP contribution in [-0.2, 0) is 29.9 Å². The molecule has 1 aliphatic rings. The highest BCUT2D eigenvalue weighted by atomic mass is 32.2. The molecule has 0 saturated carbocycles. The highest BCUT2D eigenvalue weighted by Crippen LogP contribution is 2.34. The van der Waals surface area contributed by atoms with E-state index in [9.17, 15) is 22.8 Å². The number of ether oxygens (including phenoxy) is 1. The van der Waals surface area contributed by atoms with Crippen LogP contribution in [-0.4, -0.2) is 34.4 Å². The van der Waals surface area contributed by atoms with Crippen molar-refractivity contribution in [3.8, 4) is 5.75 Å². The number of halogens is 3. The summed E-state index contributed by atoms with van der Waals surface area (Å²) in [4.78, 5) is 33.9. The van der Waals surface area contributed by atoms with Crippen LogP contribution >= 0.6 is 23.1 Å². The summed E-state index contributed by atoms with van der Waals surface area (Å²) in [7, 11) is 0. The van der Waals surface area contributed by atoms with E-state index in [0.29, 0.717) is 17.0 Å². The number of nitrogens with zero attached hydrogens (tertiary/aromatic N) is 1. The SMILES string of the molecule is O=C(CSCc1nc2sc3c(c2c(=O)[nH]1)CCC3)NCc1ccc(OCC(F)(F)F)cc1. The second kappa shape index (κ2) is 9.53. The van der Waals surface area contributed by atoms with Gasteiger partial charge in [-0.05, 0) is 42.5 Å². The van der Waals surface area contributed by atoms with Gasteiger partial charge in [0.2, 0.25) is 5.91 Å². The fourth-order valence-electron chi connectivity index (χ4n) is 3.48. The molecule has 0 bridgehead atoms. The average molecular weight is 484 g/mol. The van der Waals surface area contributed by atoms with Gasteiger partial charge >= 0.3 is 6.18 Å². The number of hydrogen-bond donors (Lipinski definition) is 2. The Balaban J connectivity index is 1.23. The molecular weight excluding hydrogens is 463 g/mol. The van der Waals surface area contributed by atoms with Gasteiger partial charge in [0.15, 0.2) is 6.61 Å². The number of thioether (sulfide) groups is 1. The van der Waals surface area contributed by atoms with Gasteiger partial charge in [-0.15, -0.1) is 23.1 Å².